The lowest BCUT2D eigenvalue weighted by atomic mass is 9.84. The van der Waals surface area contributed by atoms with Gasteiger partial charge in [0.15, 0.2) is 5.82 Å². The zero-order valence-corrected chi connectivity index (χ0v) is 33.2. The summed E-state index contributed by atoms with van der Waals surface area (Å²) in [5.41, 5.74) is 9.38. The largest absolute Gasteiger partial charge is 0.309 e. The van der Waals surface area contributed by atoms with Gasteiger partial charge in [-0.25, -0.2) is 9.97 Å². The lowest BCUT2D eigenvalue weighted by molar-refractivity contribution is 0.721. The Morgan fingerprint density at radius 3 is 2.05 bits per heavy atom. The van der Waals surface area contributed by atoms with Gasteiger partial charge < -0.3 is 4.57 Å². The smallest absolute Gasteiger partial charge is 0.162 e. The highest BCUT2D eigenvalue weighted by molar-refractivity contribution is 7.27. The van der Waals surface area contributed by atoms with E-state index in [2.05, 4.69) is 175 Å². The lowest BCUT2D eigenvalue weighted by Crippen LogP contribution is -2.06. The van der Waals surface area contributed by atoms with Crippen molar-refractivity contribution >= 4 is 113 Å². The van der Waals surface area contributed by atoms with Gasteiger partial charge in [-0.15, -0.1) is 22.7 Å². The van der Waals surface area contributed by atoms with Crippen molar-refractivity contribution in [1.29, 1.82) is 0 Å². The van der Waals surface area contributed by atoms with E-state index in [0.717, 1.165) is 45.0 Å². The van der Waals surface area contributed by atoms with Gasteiger partial charge in [0.25, 0.3) is 0 Å². The first kappa shape index (κ1) is 32.4. The Labute approximate surface area is 341 Å². The molecule has 8 aromatic carbocycles. The molecule has 0 amide bonds. The van der Waals surface area contributed by atoms with Crippen LogP contribution < -0.4 is 0 Å². The van der Waals surface area contributed by atoms with Gasteiger partial charge in [-0.1, -0.05) is 134 Å². The van der Waals surface area contributed by atoms with E-state index < -0.39 is 0 Å². The van der Waals surface area contributed by atoms with Crippen LogP contribution in [0.4, 0.5) is 0 Å². The topological polar surface area (TPSA) is 30.7 Å². The molecule has 13 rings (SSSR count). The lowest BCUT2D eigenvalue weighted by Gasteiger charge is -2.21. The Hall–Kier alpha value is -6.66. The fourth-order valence-corrected chi connectivity index (χ4v) is 12.1. The van der Waals surface area contributed by atoms with Crippen LogP contribution in [0.1, 0.15) is 18.1 Å². The average molecular weight is 776 g/mol. The maximum atomic E-state index is 5.55. The summed E-state index contributed by atoms with van der Waals surface area (Å²) in [5, 5.41) is 12.7. The number of aromatic nitrogens is 3. The van der Waals surface area contributed by atoms with Crippen molar-refractivity contribution in [1.82, 2.24) is 14.5 Å². The van der Waals surface area contributed by atoms with Crippen LogP contribution >= 0.6 is 22.7 Å². The van der Waals surface area contributed by atoms with Gasteiger partial charge in [0.05, 0.1) is 16.7 Å². The molecule has 58 heavy (non-hydrogen) atoms. The summed E-state index contributed by atoms with van der Waals surface area (Å²) in [6.07, 6.45) is 5.65. The van der Waals surface area contributed by atoms with E-state index in [1.165, 1.54) is 84.7 Å². The Morgan fingerprint density at radius 1 is 0.586 bits per heavy atom. The second kappa shape index (κ2) is 12.2. The summed E-state index contributed by atoms with van der Waals surface area (Å²) in [4.78, 5) is 11.9. The predicted octanol–water partition coefficient (Wildman–Crippen LogP) is 15.2. The van der Waals surface area contributed by atoms with Gasteiger partial charge in [0.1, 0.15) is 4.83 Å². The van der Waals surface area contributed by atoms with Gasteiger partial charge in [0.2, 0.25) is 0 Å². The summed E-state index contributed by atoms with van der Waals surface area (Å²) in [5.74, 6) is 1.26. The number of benzene rings is 8. The summed E-state index contributed by atoms with van der Waals surface area (Å²) in [6, 6.07) is 55.6. The van der Waals surface area contributed by atoms with Crippen molar-refractivity contribution in [3.8, 4) is 28.3 Å². The minimum absolute atomic E-state index is 0.481. The van der Waals surface area contributed by atoms with Crippen molar-refractivity contribution in [2.45, 2.75) is 13.3 Å². The third kappa shape index (κ3) is 4.54. The molecule has 0 fully saturated rings. The molecule has 1 unspecified atom stereocenters. The predicted molar refractivity (Wildman–Crippen MR) is 250 cm³/mol. The standard InChI is InChI=1S/C53H33N3S2/c1-30-22-27-35-41(28-30)34-13-3-2-12-32(34)29-42(35)52-54-49(47-39-17-7-11-21-45(39)58-53(47)55-52)31-23-25-33(26-24-31)56-43-19-9-6-16-38(43)46-36-14-4-5-15-37(36)51-48(50(46)56)40-18-8-10-20-44(40)57-51/h2-27,29-30H,28H2,1H3. The first-order valence-corrected chi connectivity index (χ1v) is 21.6. The first-order valence-electron chi connectivity index (χ1n) is 20.0. The quantitative estimate of drug-likeness (QED) is 0.179. The minimum Gasteiger partial charge on any atom is -0.309 e. The summed E-state index contributed by atoms with van der Waals surface area (Å²) >= 11 is 3.66. The molecule has 1 atom stereocenters. The van der Waals surface area contributed by atoms with Crippen molar-refractivity contribution in [2.75, 3.05) is 0 Å². The number of thiophene rings is 2. The molecule has 0 N–H and O–H groups in total. The van der Waals surface area contributed by atoms with Crippen molar-refractivity contribution in [3.63, 3.8) is 0 Å². The molecule has 1 aliphatic carbocycles. The fourth-order valence-electron chi connectivity index (χ4n) is 9.79. The normalized spacial score (nSPS) is 14.3. The average Bonchev–Trinajstić information content (AvgIpc) is 3.96. The summed E-state index contributed by atoms with van der Waals surface area (Å²) in [6.45, 7) is 2.30. The zero-order chi connectivity index (χ0) is 38.1. The molecular weight excluding hydrogens is 743 g/mol. The number of allylic oxidation sites excluding steroid dienone is 1. The van der Waals surface area contributed by atoms with E-state index in [1.807, 2.05) is 11.3 Å². The third-order valence-corrected chi connectivity index (χ3v) is 14.6. The van der Waals surface area contributed by atoms with E-state index in [1.54, 1.807) is 11.3 Å². The molecule has 272 valence electrons. The van der Waals surface area contributed by atoms with E-state index >= 15 is 0 Å². The second-order valence-corrected chi connectivity index (χ2v) is 17.8. The number of hydrogen-bond acceptors (Lipinski definition) is 4. The maximum Gasteiger partial charge on any atom is 0.162 e. The van der Waals surface area contributed by atoms with E-state index in [9.17, 15) is 0 Å². The highest BCUT2D eigenvalue weighted by Crippen LogP contribution is 2.48. The molecule has 0 spiro atoms. The molecule has 4 aromatic heterocycles. The van der Waals surface area contributed by atoms with E-state index in [0.29, 0.717) is 5.92 Å². The maximum absolute atomic E-state index is 5.55. The summed E-state index contributed by atoms with van der Waals surface area (Å²) < 4.78 is 6.37. The molecule has 0 aliphatic heterocycles. The molecule has 0 saturated carbocycles. The van der Waals surface area contributed by atoms with E-state index in [4.69, 9.17) is 9.97 Å². The van der Waals surface area contributed by atoms with Crippen molar-refractivity contribution < 1.29 is 0 Å². The van der Waals surface area contributed by atoms with Crippen LogP contribution in [0.25, 0.3) is 118 Å². The number of para-hydroxylation sites is 1. The Kier molecular flexibility index (Phi) is 6.81. The highest BCUT2D eigenvalue weighted by atomic mass is 32.1. The van der Waals surface area contributed by atoms with Crippen LogP contribution in [0.15, 0.2) is 158 Å². The zero-order valence-electron chi connectivity index (χ0n) is 31.5. The van der Waals surface area contributed by atoms with Gasteiger partial charge in [-0.2, -0.15) is 0 Å². The van der Waals surface area contributed by atoms with Gasteiger partial charge >= 0.3 is 0 Å². The molecule has 0 saturated heterocycles. The molecule has 1 aliphatic rings. The second-order valence-electron chi connectivity index (χ2n) is 15.7. The number of nitrogens with zero attached hydrogens (tertiary/aromatic N) is 3. The van der Waals surface area contributed by atoms with Crippen LogP contribution in [0, 0.1) is 5.92 Å². The van der Waals surface area contributed by atoms with Crippen LogP contribution in [-0.4, -0.2) is 14.5 Å². The molecule has 0 radical (unpaired) electrons. The fraction of sp³-hybridized carbons (Fsp3) is 0.0566. The number of fused-ring (bicyclic) bond motifs is 16. The number of hydrogen-bond donors (Lipinski definition) is 0. The van der Waals surface area contributed by atoms with Crippen LogP contribution in [-0.2, 0) is 6.42 Å². The minimum atomic E-state index is 0.481. The van der Waals surface area contributed by atoms with Crippen LogP contribution in [0.2, 0.25) is 0 Å². The molecule has 12 aromatic rings. The van der Waals surface area contributed by atoms with Crippen molar-refractivity contribution in [3.05, 3.63) is 169 Å². The van der Waals surface area contributed by atoms with Gasteiger partial charge in [-0.3, -0.25) is 0 Å². The first-order chi connectivity index (χ1) is 28.7. The van der Waals surface area contributed by atoms with Crippen molar-refractivity contribution in [2.24, 2.45) is 5.92 Å². The third-order valence-electron chi connectivity index (χ3n) is 12.3. The van der Waals surface area contributed by atoms with Gasteiger partial charge in [-0.05, 0) is 76.0 Å². The molecule has 0 bridgehead atoms. The molecular formula is C53H33N3S2. The Morgan fingerprint density at radius 2 is 1.24 bits per heavy atom. The Bertz CT molecular complexity index is 3730. The van der Waals surface area contributed by atoms with Crippen LogP contribution in [0.5, 0.6) is 0 Å². The summed E-state index contributed by atoms with van der Waals surface area (Å²) in [7, 11) is 0. The molecule has 4 heterocycles. The molecule has 3 nitrogen and oxygen atoms in total. The molecule has 5 heteroatoms. The van der Waals surface area contributed by atoms with Gasteiger partial charge in [0, 0.05) is 68.6 Å². The van der Waals surface area contributed by atoms with E-state index in [-0.39, 0.29) is 0 Å². The Balaban J connectivity index is 1.07. The number of rotatable bonds is 3. The highest BCUT2D eigenvalue weighted by Gasteiger charge is 2.24. The SMILES string of the molecule is CC1C=Cc2c(-c3nc(-c4ccc(-n5c6ccccc6c6c7ccccc7c7sc8ccccc8c7c65)cc4)c4c(n3)sc3ccccc34)cc3ccccc3c2C1. The van der Waals surface area contributed by atoms with Crippen LogP contribution in [0.3, 0.4) is 0 Å². The monoisotopic (exact) mass is 775 g/mol.